The summed E-state index contributed by atoms with van der Waals surface area (Å²) in [5.41, 5.74) is -0.253. The summed E-state index contributed by atoms with van der Waals surface area (Å²) < 4.78 is 25.3. The van der Waals surface area contributed by atoms with E-state index in [1.54, 1.807) is 11.0 Å². The fourth-order valence-corrected chi connectivity index (χ4v) is 3.81. The second kappa shape index (κ2) is 7.16. The van der Waals surface area contributed by atoms with E-state index < -0.39 is 17.3 Å². The molecule has 2 atom stereocenters. The van der Waals surface area contributed by atoms with Gasteiger partial charge >= 0.3 is 6.09 Å². The molecule has 6 heteroatoms. The van der Waals surface area contributed by atoms with Gasteiger partial charge in [-0.15, -0.1) is 0 Å². The zero-order valence-electron chi connectivity index (χ0n) is 15.7. The fourth-order valence-electron chi connectivity index (χ4n) is 3.81. The van der Waals surface area contributed by atoms with E-state index in [0.29, 0.717) is 38.8 Å². The highest BCUT2D eigenvalue weighted by Crippen LogP contribution is 2.43. The number of halogens is 1. The average molecular weight is 365 g/mol. The van der Waals surface area contributed by atoms with Gasteiger partial charge in [0, 0.05) is 25.9 Å². The molecular formula is C20H28FNO4. The molecule has 26 heavy (non-hydrogen) atoms. The van der Waals surface area contributed by atoms with Gasteiger partial charge in [-0.2, -0.15) is 0 Å². The van der Waals surface area contributed by atoms with Crippen molar-refractivity contribution in [2.24, 2.45) is 0 Å². The highest BCUT2D eigenvalue weighted by molar-refractivity contribution is 5.68. The van der Waals surface area contributed by atoms with Crippen LogP contribution in [0.25, 0.3) is 0 Å². The van der Waals surface area contributed by atoms with Crippen LogP contribution in [0.15, 0.2) is 24.3 Å². The van der Waals surface area contributed by atoms with E-state index >= 15 is 0 Å². The molecule has 0 aromatic heterocycles. The van der Waals surface area contributed by atoms with E-state index in [0.717, 1.165) is 5.56 Å². The van der Waals surface area contributed by atoms with Crippen molar-refractivity contribution in [3.63, 3.8) is 0 Å². The van der Waals surface area contributed by atoms with Crippen LogP contribution in [0.1, 0.15) is 58.1 Å². The Bertz CT molecular complexity index is 649. The minimum absolute atomic E-state index is 0.306. The van der Waals surface area contributed by atoms with Gasteiger partial charge in [-0.25, -0.2) is 9.18 Å². The Morgan fingerprint density at radius 2 is 2.04 bits per heavy atom. The zero-order chi connectivity index (χ0) is 18.9. The van der Waals surface area contributed by atoms with Gasteiger partial charge in [0.05, 0.1) is 17.8 Å². The molecule has 144 valence electrons. The number of piperidine rings is 1. The van der Waals surface area contributed by atoms with Crippen molar-refractivity contribution in [3.8, 4) is 0 Å². The molecule has 1 N–H and O–H groups in total. The maximum Gasteiger partial charge on any atom is 0.410 e. The largest absolute Gasteiger partial charge is 0.444 e. The Morgan fingerprint density at radius 3 is 2.65 bits per heavy atom. The van der Waals surface area contributed by atoms with Gasteiger partial charge in [-0.3, -0.25) is 0 Å². The number of benzene rings is 1. The number of nitrogens with zero attached hydrogens (tertiary/aromatic N) is 1. The van der Waals surface area contributed by atoms with E-state index in [1.807, 2.05) is 26.8 Å². The van der Waals surface area contributed by atoms with Crippen molar-refractivity contribution in [3.05, 3.63) is 35.6 Å². The quantitative estimate of drug-likeness (QED) is 0.822. The number of ether oxygens (including phenoxy) is 2. The van der Waals surface area contributed by atoms with Crippen molar-refractivity contribution in [2.45, 2.75) is 69.9 Å². The lowest BCUT2D eigenvalue weighted by Gasteiger charge is -2.48. The first-order chi connectivity index (χ1) is 12.2. The van der Waals surface area contributed by atoms with E-state index in [2.05, 4.69) is 0 Å². The molecule has 5 nitrogen and oxygen atoms in total. The molecule has 0 unspecified atom stereocenters. The van der Waals surface area contributed by atoms with Crippen LogP contribution < -0.4 is 0 Å². The van der Waals surface area contributed by atoms with Crippen molar-refractivity contribution < 1.29 is 23.8 Å². The first-order valence-corrected chi connectivity index (χ1v) is 9.25. The highest BCUT2D eigenvalue weighted by atomic mass is 19.1. The van der Waals surface area contributed by atoms with E-state index in [1.165, 1.54) is 12.1 Å². The van der Waals surface area contributed by atoms with Crippen molar-refractivity contribution in [2.75, 3.05) is 13.1 Å². The summed E-state index contributed by atoms with van der Waals surface area (Å²) in [6.07, 6.45) is 1.13. The normalized spacial score (nSPS) is 26.0. The summed E-state index contributed by atoms with van der Waals surface area (Å²) >= 11 is 0. The number of carbonyl (C=O) groups is 1. The van der Waals surface area contributed by atoms with E-state index in [9.17, 15) is 14.3 Å². The first-order valence-electron chi connectivity index (χ1n) is 9.25. The summed E-state index contributed by atoms with van der Waals surface area (Å²) in [5.74, 6) is -0.306. The van der Waals surface area contributed by atoms with Crippen LogP contribution in [0, 0.1) is 5.82 Å². The molecule has 2 heterocycles. The Morgan fingerprint density at radius 1 is 1.35 bits per heavy atom. The van der Waals surface area contributed by atoms with Crippen LogP contribution in [-0.2, 0) is 9.47 Å². The number of likely N-dealkylation sites (tertiary alicyclic amines) is 1. The number of hydrogen-bond acceptors (Lipinski definition) is 4. The molecule has 1 aromatic carbocycles. The van der Waals surface area contributed by atoms with Gasteiger partial charge in [0.1, 0.15) is 11.4 Å². The SMILES string of the molecule is CC(C)(C)OC(=O)N1CCC2(CC1)C[C@@H](O)C[C@@H](c1cccc(F)c1)O2. The zero-order valence-corrected chi connectivity index (χ0v) is 15.7. The number of rotatable bonds is 1. The lowest BCUT2D eigenvalue weighted by Crippen LogP contribution is -2.52. The molecule has 1 aromatic rings. The average Bonchev–Trinajstić information content (AvgIpc) is 2.53. The van der Waals surface area contributed by atoms with Gasteiger partial charge < -0.3 is 19.5 Å². The van der Waals surface area contributed by atoms with Crippen LogP contribution in [-0.4, -0.2) is 46.5 Å². The Balaban J connectivity index is 1.66. The van der Waals surface area contributed by atoms with Crippen molar-refractivity contribution >= 4 is 6.09 Å². The van der Waals surface area contributed by atoms with Crippen LogP contribution in [0.2, 0.25) is 0 Å². The Labute approximate surface area is 154 Å². The van der Waals surface area contributed by atoms with Gasteiger partial charge in [-0.1, -0.05) is 12.1 Å². The predicted octanol–water partition coefficient (Wildman–Crippen LogP) is 3.81. The summed E-state index contributed by atoms with van der Waals surface area (Å²) in [4.78, 5) is 13.9. The van der Waals surface area contributed by atoms with Crippen molar-refractivity contribution in [1.82, 2.24) is 4.90 Å². The second-order valence-corrected chi connectivity index (χ2v) is 8.41. The second-order valence-electron chi connectivity index (χ2n) is 8.41. The maximum atomic E-state index is 13.6. The lowest BCUT2D eigenvalue weighted by atomic mass is 9.81. The predicted molar refractivity (Wildman–Crippen MR) is 95.2 cm³/mol. The van der Waals surface area contributed by atoms with Crippen LogP contribution in [0.3, 0.4) is 0 Å². The van der Waals surface area contributed by atoms with Crippen LogP contribution in [0.4, 0.5) is 9.18 Å². The highest BCUT2D eigenvalue weighted by Gasteiger charge is 2.44. The number of aliphatic hydroxyl groups is 1. The number of amides is 1. The van der Waals surface area contributed by atoms with E-state index in [-0.39, 0.29) is 18.0 Å². The molecule has 0 radical (unpaired) electrons. The smallest absolute Gasteiger partial charge is 0.410 e. The van der Waals surface area contributed by atoms with Gasteiger partial charge in [-0.05, 0) is 51.3 Å². The molecule has 1 spiro atoms. The van der Waals surface area contributed by atoms with Gasteiger partial charge in [0.15, 0.2) is 0 Å². The lowest BCUT2D eigenvalue weighted by molar-refractivity contribution is -0.183. The number of hydrogen-bond donors (Lipinski definition) is 1. The molecule has 2 aliphatic rings. The first kappa shape index (κ1) is 19.1. The minimum atomic E-state index is -0.522. The molecule has 1 amide bonds. The molecule has 2 aliphatic heterocycles. The Kier molecular flexibility index (Phi) is 5.26. The maximum absolute atomic E-state index is 13.6. The molecule has 3 rings (SSSR count). The molecule has 0 aliphatic carbocycles. The molecule has 2 saturated heterocycles. The standard InChI is InChI=1S/C20H28FNO4/c1-19(2,3)26-18(24)22-9-7-20(8-10-22)13-16(23)12-17(25-20)14-5-4-6-15(21)11-14/h4-6,11,16-17,23H,7-10,12-13H2,1-3H3/t16-,17-/m0/s1. The van der Waals surface area contributed by atoms with E-state index in [4.69, 9.17) is 9.47 Å². The van der Waals surface area contributed by atoms with Gasteiger partial charge in [0.2, 0.25) is 0 Å². The molecule has 0 saturated carbocycles. The topological polar surface area (TPSA) is 59.0 Å². The molecular weight excluding hydrogens is 337 g/mol. The summed E-state index contributed by atoms with van der Waals surface area (Å²) in [6.45, 7) is 6.59. The number of aliphatic hydroxyl groups excluding tert-OH is 1. The van der Waals surface area contributed by atoms with Crippen LogP contribution in [0.5, 0.6) is 0 Å². The van der Waals surface area contributed by atoms with Gasteiger partial charge in [0.25, 0.3) is 0 Å². The molecule has 0 bridgehead atoms. The third-order valence-corrected chi connectivity index (χ3v) is 5.03. The third-order valence-electron chi connectivity index (χ3n) is 5.03. The fraction of sp³-hybridized carbons (Fsp3) is 0.650. The van der Waals surface area contributed by atoms with Crippen molar-refractivity contribution in [1.29, 1.82) is 0 Å². The monoisotopic (exact) mass is 365 g/mol. The molecule has 2 fully saturated rings. The summed E-state index contributed by atoms with van der Waals surface area (Å²) in [7, 11) is 0. The summed E-state index contributed by atoms with van der Waals surface area (Å²) in [5, 5.41) is 10.4. The minimum Gasteiger partial charge on any atom is -0.444 e. The van der Waals surface area contributed by atoms with Crippen LogP contribution >= 0.6 is 0 Å². The Hall–Kier alpha value is -1.66. The third kappa shape index (κ3) is 4.54. The number of carbonyl (C=O) groups excluding carboxylic acids is 1. The summed E-state index contributed by atoms with van der Waals surface area (Å²) in [6, 6.07) is 6.35.